The van der Waals surface area contributed by atoms with E-state index in [0.29, 0.717) is 22.6 Å². The second-order valence-corrected chi connectivity index (χ2v) is 6.37. The Balaban J connectivity index is 1.57. The number of ether oxygens (including phenoxy) is 1. The van der Waals surface area contributed by atoms with Crippen molar-refractivity contribution in [3.05, 3.63) is 95.1 Å². The number of amides is 2. The predicted molar refractivity (Wildman–Crippen MR) is 114 cm³/mol. The Morgan fingerprint density at radius 1 is 0.897 bits per heavy atom. The summed E-state index contributed by atoms with van der Waals surface area (Å²) in [7, 11) is 1.59. The third kappa shape index (κ3) is 5.52. The van der Waals surface area contributed by atoms with Gasteiger partial charge in [-0.25, -0.2) is 5.43 Å². The van der Waals surface area contributed by atoms with Gasteiger partial charge in [0.1, 0.15) is 5.75 Å². The molecule has 0 bridgehead atoms. The van der Waals surface area contributed by atoms with Gasteiger partial charge in [0, 0.05) is 16.8 Å². The van der Waals surface area contributed by atoms with Crippen molar-refractivity contribution in [2.45, 2.75) is 6.92 Å². The molecule has 0 spiro atoms. The van der Waals surface area contributed by atoms with Crippen LogP contribution in [-0.4, -0.2) is 25.1 Å². The van der Waals surface area contributed by atoms with Gasteiger partial charge in [-0.05, 0) is 61.0 Å². The second kappa shape index (κ2) is 9.32. The Morgan fingerprint density at radius 2 is 1.55 bits per heavy atom. The maximum absolute atomic E-state index is 12.2. The molecular weight excluding hydrogens is 366 g/mol. The quantitative estimate of drug-likeness (QED) is 0.495. The number of hydrazone groups is 1. The highest BCUT2D eigenvalue weighted by Crippen LogP contribution is 2.13. The van der Waals surface area contributed by atoms with Crippen LogP contribution in [-0.2, 0) is 0 Å². The van der Waals surface area contributed by atoms with Crippen LogP contribution in [0.4, 0.5) is 5.69 Å². The third-order valence-corrected chi connectivity index (χ3v) is 4.19. The smallest absolute Gasteiger partial charge is 0.271 e. The van der Waals surface area contributed by atoms with E-state index in [2.05, 4.69) is 15.8 Å². The van der Waals surface area contributed by atoms with Crippen LogP contribution in [0, 0.1) is 6.92 Å². The van der Waals surface area contributed by atoms with Gasteiger partial charge in [-0.15, -0.1) is 0 Å². The summed E-state index contributed by atoms with van der Waals surface area (Å²) in [5, 5.41) is 6.77. The summed E-state index contributed by atoms with van der Waals surface area (Å²) in [4.78, 5) is 24.5. The number of nitrogens with one attached hydrogen (secondary N) is 2. The van der Waals surface area contributed by atoms with E-state index >= 15 is 0 Å². The Bertz CT molecular complexity index is 1030. The molecule has 0 fully saturated rings. The van der Waals surface area contributed by atoms with Gasteiger partial charge in [-0.3, -0.25) is 9.59 Å². The molecule has 0 atom stereocenters. The zero-order chi connectivity index (χ0) is 20.6. The highest BCUT2D eigenvalue weighted by Gasteiger charge is 2.08. The Hall–Kier alpha value is -3.93. The summed E-state index contributed by atoms with van der Waals surface area (Å²) in [5.74, 6) is 0.161. The summed E-state index contributed by atoms with van der Waals surface area (Å²) in [6.07, 6.45) is 1.54. The number of methoxy groups -OCH3 is 1. The Morgan fingerprint density at radius 3 is 2.24 bits per heavy atom. The molecule has 0 saturated heterocycles. The van der Waals surface area contributed by atoms with E-state index in [9.17, 15) is 9.59 Å². The highest BCUT2D eigenvalue weighted by atomic mass is 16.5. The molecule has 0 aromatic heterocycles. The molecule has 0 radical (unpaired) electrons. The first kappa shape index (κ1) is 19.8. The van der Waals surface area contributed by atoms with Crippen molar-refractivity contribution >= 4 is 23.7 Å². The molecule has 146 valence electrons. The summed E-state index contributed by atoms with van der Waals surface area (Å²) in [6.45, 7) is 1.96. The fourth-order valence-electron chi connectivity index (χ4n) is 2.56. The summed E-state index contributed by atoms with van der Waals surface area (Å²) in [6, 6.07) is 21.2. The van der Waals surface area contributed by atoms with Crippen LogP contribution in [0.2, 0.25) is 0 Å². The van der Waals surface area contributed by atoms with E-state index in [1.165, 1.54) is 6.21 Å². The lowest BCUT2D eigenvalue weighted by Crippen LogP contribution is -2.17. The maximum atomic E-state index is 12.2. The lowest BCUT2D eigenvalue weighted by atomic mass is 10.1. The van der Waals surface area contributed by atoms with Crippen molar-refractivity contribution in [3.63, 3.8) is 0 Å². The fourth-order valence-corrected chi connectivity index (χ4v) is 2.56. The van der Waals surface area contributed by atoms with Gasteiger partial charge in [0.05, 0.1) is 13.3 Å². The van der Waals surface area contributed by atoms with Crippen molar-refractivity contribution in [1.29, 1.82) is 0 Å². The van der Waals surface area contributed by atoms with Crippen molar-refractivity contribution in [3.8, 4) is 5.75 Å². The molecule has 0 saturated carbocycles. The minimum Gasteiger partial charge on any atom is -0.497 e. The number of carbonyl (C=O) groups excluding carboxylic acids is 2. The second-order valence-electron chi connectivity index (χ2n) is 6.37. The van der Waals surface area contributed by atoms with Crippen molar-refractivity contribution in [2.24, 2.45) is 5.10 Å². The molecule has 0 unspecified atom stereocenters. The SMILES string of the molecule is COc1cccc(/C=N\NC(=O)c2ccc(NC(=O)c3ccc(C)cc3)cc2)c1. The lowest BCUT2D eigenvalue weighted by molar-refractivity contribution is 0.0954. The van der Waals surface area contributed by atoms with Gasteiger partial charge in [0.2, 0.25) is 0 Å². The number of nitrogens with zero attached hydrogens (tertiary/aromatic N) is 1. The number of anilines is 1. The van der Waals surface area contributed by atoms with Crippen LogP contribution < -0.4 is 15.5 Å². The van der Waals surface area contributed by atoms with Crippen LogP contribution in [0.3, 0.4) is 0 Å². The third-order valence-electron chi connectivity index (χ3n) is 4.19. The van der Waals surface area contributed by atoms with E-state index in [1.807, 2.05) is 37.3 Å². The van der Waals surface area contributed by atoms with Crippen molar-refractivity contribution < 1.29 is 14.3 Å². The summed E-state index contributed by atoms with van der Waals surface area (Å²) >= 11 is 0. The monoisotopic (exact) mass is 387 g/mol. The molecule has 3 rings (SSSR count). The molecule has 29 heavy (non-hydrogen) atoms. The normalized spacial score (nSPS) is 10.6. The highest BCUT2D eigenvalue weighted by molar-refractivity contribution is 6.04. The van der Waals surface area contributed by atoms with Crippen LogP contribution >= 0.6 is 0 Å². The zero-order valence-corrected chi connectivity index (χ0v) is 16.2. The molecule has 6 nitrogen and oxygen atoms in total. The van der Waals surface area contributed by atoms with E-state index in [4.69, 9.17) is 4.74 Å². The Kier molecular flexibility index (Phi) is 6.37. The van der Waals surface area contributed by atoms with Crippen LogP contribution in [0.5, 0.6) is 5.75 Å². The summed E-state index contributed by atoms with van der Waals surface area (Å²) in [5.41, 5.74) is 5.98. The number of carbonyl (C=O) groups is 2. The predicted octanol–water partition coefficient (Wildman–Crippen LogP) is 4.02. The standard InChI is InChI=1S/C23H21N3O3/c1-16-6-8-18(9-7-16)22(27)25-20-12-10-19(11-13-20)23(28)26-24-15-17-4-3-5-21(14-17)29-2/h3-15H,1-2H3,(H,25,27)(H,26,28)/b24-15-. The van der Waals surface area contributed by atoms with Gasteiger partial charge in [0.25, 0.3) is 11.8 Å². The van der Waals surface area contributed by atoms with Crippen LogP contribution in [0.15, 0.2) is 77.9 Å². The molecule has 0 aliphatic carbocycles. The van der Waals surface area contributed by atoms with Crippen LogP contribution in [0.25, 0.3) is 0 Å². The summed E-state index contributed by atoms with van der Waals surface area (Å²) < 4.78 is 5.14. The van der Waals surface area contributed by atoms with Gasteiger partial charge < -0.3 is 10.1 Å². The number of rotatable bonds is 6. The minimum atomic E-state index is -0.347. The molecule has 2 amide bonds. The first-order valence-electron chi connectivity index (χ1n) is 9.01. The van der Waals surface area contributed by atoms with Gasteiger partial charge in [0.15, 0.2) is 0 Å². The first-order valence-corrected chi connectivity index (χ1v) is 9.01. The zero-order valence-electron chi connectivity index (χ0n) is 16.2. The average Bonchev–Trinajstić information content (AvgIpc) is 2.74. The number of aryl methyl sites for hydroxylation is 1. The molecule has 2 N–H and O–H groups in total. The van der Waals surface area contributed by atoms with Crippen molar-refractivity contribution in [1.82, 2.24) is 5.43 Å². The number of hydrogen-bond acceptors (Lipinski definition) is 4. The Labute approximate surface area is 169 Å². The van der Waals surface area contributed by atoms with Gasteiger partial charge >= 0.3 is 0 Å². The fraction of sp³-hybridized carbons (Fsp3) is 0.0870. The van der Waals surface area contributed by atoms with E-state index in [-0.39, 0.29) is 11.8 Å². The molecule has 3 aromatic rings. The maximum Gasteiger partial charge on any atom is 0.271 e. The molecule has 0 aliphatic heterocycles. The molecule has 0 aliphatic rings. The topological polar surface area (TPSA) is 79.8 Å². The van der Waals surface area contributed by atoms with E-state index in [1.54, 1.807) is 49.6 Å². The largest absolute Gasteiger partial charge is 0.497 e. The van der Waals surface area contributed by atoms with E-state index < -0.39 is 0 Å². The minimum absolute atomic E-state index is 0.204. The molecule has 0 heterocycles. The molecule has 6 heteroatoms. The average molecular weight is 387 g/mol. The first-order chi connectivity index (χ1) is 14.0. The number of hydrogen-bond donors (Lipinski definition) is 2. The lowest BCUT2D eigenvalue weighted by Gasteiger charge is -2.06. The molecule has 3 aromatic carbocycles. The van der Waals surface area contributed by atoms with Gasteiger partial charge in [-0.2, -0.15) is 5.10 Å². The van der Waals surface area contributed by atoms with Crippen molar-refractivity contribution in [2.75, 3.05) is 12.4 Å². The van der Waals surface area contributed by atoms with E-state index in [0.717, 1.165) is 11.1 Å². The molecular formula is C23H21N3O3. The van der Waals surface area contributed by atoms with Gasteiger partial charge in [-0.1, -0.05) is 29.8 Å². The van der Waals surface area contributed by atoms with Crippen LogP contribution in [0.1, 0.15) is 31.8 Å². The number of benzene rings is 3.